The molecule has 15 heavy (non-hydrogen) atoms. The van der Waals surface area contributed by atoms with Crippen LogP contribution in [-0.4, -0.2) is 38.0 Å². The Balaban J connectivity index is 1.64. The first-order valence-electron chi connectivity index (χ1n) is 5.50. The molecule has 1 aromatic rings. The fourth-order valence-electron chi connectivity index (χ4n) is 2.38. The van der Waals surface area contributed by atoms with Crippen molar-refractivity contribution >= 4 is 7.85 Å². The van der Waals surface area contributed by atoms with Gasteiger partial charge < -0.3 is 4.74 Å². The van der Waals surface area contributed by atoms with Crippen LogP contribution in [0.5, 0.6) is 0 Å². The number of fused-ring (bicyclic) bond motifs is 1. The van der Waals surface area contributed by atoms with Crippen molar-refractivity contribution in [3.05, 3.63) is 35.9 Å². The average Bonchev–Trinajstić information content (AvgIpc) is 2.99. The summed E-state index contributed by atoms with van der Waals surface area (Å²) in [5.74, 6) is 0.201. The van der Waals surface area contributed by atoms with Crippen LogP contribution in [0.4, 0.5) is 0 Å². The van der Waals surface area contributed by atoms with Gasteiger partial charge in [0.25, 0.3) is 0 Å². The number of likely N-dealkylation sites (tertiary alicyclic amines) is 1. The third-order valence-corrected chi connectivity index (χ3v) is 3.20. The predicted octanol–water partition coefficient (Wildman–Crippen LogP) is 1.23. The van der Waals surface area contributed by atoms with Crippen molar-refractivity contribution in [1.29, 1.82) is 0 Å². The molecule has 2 fully saturated rings. The first kappa shape index (κ1) is 9.43. The highest BCUT2D eigenvalue weighted by Gasteiger charge is 2.47. The van der Waals surface area contributed by atoms with Gasteiger partial charge in [-0.15, -0.1) is 0 Å². The van der Waals surface area contributed by atoms with Crippen LogP contribution >= 0.6 is 0 Å². The van der Waals surface area contributed by atoms with Crippen molar-refractivity contribution < 1.29 is 4.74 Å². The Morgan fingerprint density at radius 1 is 1.27 bits per heavy atom. The normalized spacial score (nSPS) is 34.8. The molecule has 1 aromatic carbocycles. The fraction of sp³-hybridized carbons (Fsp3) is 0.500. The Labute approximate surface area is 91.6 Å². The molecule has 2 heterocycles. The Hall–Kier alpha value is -0.795. The van der Waals surface area contributed by atoms with Crippen LogP contribution in [0.25, 0.3) is 0 Å². The van der Waals surface area contributed by atoms with E-state index in [4.69, 9.17) is 12.6 Å². The van der Waals surface area contributed by atoms with E-state index in [1.165, 1.54) is 5.56 Å². The Morgan fingerprint density at radius 3 is 2.80 bits per heavy atom. The lowest BCUT2D eigenvalue weighted by atomic mass is 9.80. The highest BCUT2D eigenvalue weighted by Crippen LogP contribution is 2.37. The molecule has 2 nitrogen and oxygen atoms in total. The molecule has 0 aliphatic carbocycles. The van der Waals surface area contributed by atoms with Crippen LogP contribution in [0.2, 0.25) is 5.82 Å². The van der Waals surface area contributed by atoms with E-state index in [9.17, 15) is 0 Å². The molecular weight excluding hydrogens is 185 g/mol. The maximum Gasteiger partial charge on any atom is 0.0964 e. The Bertz CT molecular complexity index is 343. The first-order valence-corrected chi connectivity index (χ1v) is 5.50. The quantitative estimate of drug-likeness (QED) is 0.525. The van der Waals surface area contributed by atoms with E-state index < -0.39 is 0 Å². The molecule has 0 N–H and O–H groups in total. The summed E-state index contributed by atoms with van der Waals surface area (Å²) in [4.78, 5) is 2.38. The number of epoxide rings is 1. The number of hydrogen-bond donors (Lipinski definition) is 0. The number of rotatable bonds is 2. The van der Waals surface area contributed by atoms with Gasteiger partial charge in [0.2, 0.25) is 0 Å². The second-order valence-electron chi connectivity index (χ2n) is 4.48. The van der Waals surface area contributed by atoms with Gasteiger partial charge in [0.05, 0.1) is 20.1 Å². The molecule has 0 bridgehead atoms. The van der Waals surface area contributed by atoms with E-state index in [2.05, 4.69) is 29.2 Å². The molecule has 2 saturated heterocycles. The largest absolute Gasteiger partial charge is 0.369 e. The van der Waals surface area contributed by atoms with Crippen molar-refractivity contribution in [1.82, 2.24) is 4.90 Å². The van der Waals surface area contributed by atoms with E-state index in [0.29, 0.717) is 12.2 Å². The van der Waals surface area contributed by atoms with E-state index in [0.717, 1.165) is 19.6 Å². The van der Waals surface area contributed by atoms with Gasteiger partial charge in [-0.05, 0) is 17.9 Å². The summed E-state index contributed by atoms with van der Waals surface area (Å²) in [7, 11) is 6.00. The molecule has 2 aliphatic heterocycles. The highest BCUT2D eigenvalue weighted by molar-refractivity contribution is 6.12. The minimum Gasteiger partial charge on any atom is -0.369 e. The summed E-state index contributed by atoms with van der Waals surface area (Å²) < 4.78 is 5.49. The molecule has 2 aliphatic rings. The zero-order valence-corrected chi connectivity index (χ0v) is 8.67. The van der Waals surface area contributed by atoms with Crippen molar-refractivity contribution in [2.24, 2.45) is 0 Å². The lowest BCUT2D eigenvalue weighted by Gasteiger charge is -2.28. The van der Waals surface area contributed by atoms with Gasteiger partial charge in [-0.2, -0.15) is 0 Å². The third kappa shape index (κ3) is 1.94. The molecule has 0 aromatic heterocycles. The van der Waals surface area contributed by atoms with Crippen LogP contribution in [-0.2, 0) is 11.3 Å². The maximum absolute atomic E-state index is 6.00. The predicted molar refractivity (Wildman–Crippen MR) is 59.9 cm³/mol. The number of piperidine rings is 1. The van der Waals surface area contributed by atoms with E-state index in [-0.39, 0.29) is 5.82 Å². The van der Waals surface area contributed by atoms with Crippen LogP contribution in [0, 0.1) is 0 Å². The third-order valence-electron chi connectivity index (χ3n) is 3.20. The van der Waals surface area contributed by atoms with Crippen LogP contribution in [0.1, 0.15) is 5.56 Å². The summed E-state index contributed by atoms with van der Waals surface area (Å²) in [6.45, 7) is 2.98. The molecule has 3 atom stereocenters. The minimum atomic E-state index is 0.201. The SMILES string of the molecule is [B]C1CN(Cc2ccccc2)CC2OC12. The standard InChI is InChI=1S/C12H14BNO/c13-10-7-14(8-11-12(10)15-11)6-9-4-2-1-3-5-9/h1-5,10-12H,6-8H2. The van der Waals surface area contributed by atoms with Crippen LogP contribution in [0.3, 0.4) is 0 Å². The second kappa shape index (κ2) is 3.65. The van der Waals surface area contributed by atoms with Crippen molar-refractivity contribution in [2.45, 2.75) is 24.6 Å². The first-order chi connectivity index (χ1) is 7.33. The number of nitrogens with zero attached hydrogens (tertiary/aromatic N) is 1. The van der Waals surface area contributed by atoms with Crippen molar-refractivity contribution in [3.63, 3.8) is 0 Å². The molecular formula is C12H14BNO. The van der Waals surface area contributed by atoms with E-state index >= 15 is 0 Å². The molecule has 3 rings (SSSR count). The zero-order valence-electron chi connectivity index (χ0n) is 8.67. The van der Waals surface area contributed by atoms with Crippen LogP contribution < -0.4 is 0 Å². The Kier molecular flexibility index (Phi) is 2.30. The van der Waals surface area contributed by atoms with Gasteiger partial charge in [0, 0.05) is 13.1 Å². The summed E-state index contributed by atoms with van der Waals surface area (Å²) in [5, 5.41) is 0. The molecule has 0 amide bonds. The van der Waals surface area contributed by atoms with Gasteiger partial charge in [0.1, 0.15) is 0 Å². The topological polar surface area (TPSA) is 15.8 Å². The average molecular weight is 199 g/mol. The van der Waals surface area contributed by atoms with Crippen LogP contribution in [0.15, 0.2) is 30.3 Å². The lowest BCUT2D eigenvalue weighted by molar-refractivity contribution is 0.238. The highest BCUT2D eigenvalue weighted by atomic mass is 16.6. The van der Waals surface area contributed by atoms with Gasteiger partial charge in [-0.3, -0.25) is 4.90 Å². The molecule has 3 unspecified atom stereocenters. The monoisotopic (exact) mass is 199 g/mol. The lowest BCUT2D eigenvalue weighted by Crippen LogP contribution is -2.37. The molecule has 2 radical (unpaired) electrons. The van der Waals surface area contributed by atoms with Crippen molar-refractivity contribution in [2.75, 3.05) is 13.1 Å². The van der Waals surface area contributed by atoms with E-state index in [1.54, 1.807) is 0 Å². The van der Waals surface area contributed by atoms with Gasteiger partial charge in [0.15, 0.2) is 0 Å². The number of hydrogen-bond acceptors (Lipinski definition) is 2. The summed E-state index contributed by atoms with van der Waals surface area (Å²) in [6, 6.07) is 10.5. The van der Waals surface area contributed by atoms with Gasteiger partial charge in [-0.25, -0.2) is 0 Å². The molecule has 0 saturated carbocycles. The minimum absolute atomic E-state index is 0.201. The van der Waals surface area contributed by atoms with Gasteiger partial charge >= 0.3 is 0 Å². The fourth-order valence-corrected chi connectivity index (χ4v) is 2.38. The molecule has 3 heteroatoms. The molecule has 0 spiro atoms. The maximum atomic E-state index is 6.00. The van der Waals surface area contributed by atoms with Crippen molar-refractivity contribution in [3.8, 4) is 0 Å². The Morgan fingerprint density at radius 2 is 2.07 bits per heavy atom. The smallest absolute Gasteiger partial charge is 0.0964 e. The zero-order chi connectivity index (χ0) is 10.3. The summed E-state index contributed by atoms with van der Waals surface area (Å²) in [5.41, 5.74) is 1.35. The number of benzene rings is 1. The van der Waals surface area contributed by atoms with Gasteiger partial charge in [-0.1, -0.05) is 30.3 Å². The van der Waals surface area contributed by atoms with E-state index in [1.807, 2.05) is 6.07 Å². The second-order valence-corrected chi connectivity index (χ2v) is 4.48. The summed E-state index contributed by atoms with van der Waals surface area (Å²) in [6.07, 6.45) is 0.745. The number of ether oxygens (including phenoxy) is 1. The summed E-state index contributed by atoms with van der Waals surface area (Å²) >= 11 is 0. The molecule has 76 valence electrons.